The number of nitrogens with one attached hydrogen (secondary N) is 1. The van der Waals surface area contributed by atoms with Crippen molar-refractivity contribution in [3.05, 3.63) is 70.1 Å². The number of nitrogens with zero attached hydrogens (tertiary/aromatic N) is 2. The van der Waals surface area contributed by atoms with Gasteiger partial charge in [-0.25, -0.2) is 17.9 Å². The van der Waals surface area contributed by atoms with E-state index in [4.69, 9.17) is 0 Å². The van der Waals surface area contributed by atoms with Crippen LogP contribution >= 0.6 is 0 Å². The monoisotopic (exact) mass is 359 g/mol. The van der Waals surface area contributed by atoms with Crippen LogP contribution in [0, 0.1) is 6.92 Å². The van der Waals surface area contributed by atoms with Crippen LogP contribution in [0.1, 0.15) is 11.1 Å². The van der Waals surface area contributed by atoms with E-state index in [2.05, 4.69) is 4.72 Å². The summed E-state index contributed by atoms with van der Waals surface area (Å²) in [6.07, 6.45) is 0. The van der Waals surface area contributed by atoms with Gasteiger partial charge in [-0.05, 0) is 30.2 Å². The summed E-state index contributed by atoms with van der Waals surface area (Å²) in [5.74, 6) is -0.0654. The molecule has 0 aliphatic rings. The first-order valence-electron chi connectivity index (χ1n) is 8.05. The molecule has 1 heterocycles. The fraction of sp³-hybridized carbons (Fsp3) is 0.278. The topological polar surface area (TPSA) is 73.1 Å². The van der Waals surface area contributed by atoms with Crippen molar-refractivity contribution in [2.75, 3.05) is 6.54 Å². The first-order chi connectivity index (χ1) is 11.9. The van der Waals surface area contributed by atoms with Gasteiger partial charge in [0.25, 0.3) is 0 Å². The summed E-state index contributed by atoms with van der Waals surface area (Å²) in [5.41, 5.74) is 3.19. The second kappa shape index (κ2) is 6.85. The number of imidazole rings is 1. The lowest BCUT2D eigenvalue weighted by molar-refractivity contribution is 0.570. The number of benzene rings is 2. The Bertz CT molecular complexity index is 1060. The summed E-state index contributed by atoms with van der Waals surface area (Å²) >= 11 is 0. The molecule has 0 fully saturated rings. The van der Waals surface area contributed by atoms with Crippen molar-refractivity contribution in [2.24, 2.45) is 7.05 Å². The van der Waals surface area contributed by atoms with Gasteiger partial charge in [-0.1, -0.05) is 36.4 Å². The number of hydrogen-bond donors (Lipinski definition) is 1. The number of para-hydroxylation sites is 2. The summed E-state index contributed by atoms with van der Waals surface area (Å²) in [6, 6.07) is 14.9. The van der Waals surface area contributed by atoms with Gasteiger partial charge in [0.2, 0.25) is 10.0 Å². The highest BCUT2D eigenvalue weighted by Gasteiger charge is 2.14. The third-order valence-electron chi connectivity index (χ3n) is 4.32. The first kappa shape index (κ1) is 17.4. The molecule has 0 unspecified atom stereocenters. The summed E-state index contributed by atoms with van der Waals surface area (Å²) in [5, 5.41) is 0. The maximum atomic E-state index is 12.3. The number of sulfonamides is 1. The van der Waals surface area contributed by atoms with Crippen LogP contribution in [-0.2, 0) is 29.4 Å². The summed E-state index contributed by atoms with van der Waals surface area (Å²) in [7, 11) is -1.75. The van der Waals surface area contributed by atoms with Crippen LogP contribution in [0.2, 0.25) is 0 Å². The van der Waals surface area contributed by atoms with Gasteiger partial charge in [-0.2, -0.15) is 0 Å². The molecular formula is C18H21N3O3S. The molecule has 6 nitrogen and oxygen atoms in total. The van der Waals surface area contributed by atoms with Gasteiger partial charge in [0.05, 0.1) is 16.8 Å². The van der Waals surface area contributed by atoms with Gasteiger partial charge in [0.1, 0.15) is 0 Å². The SMILES string of the molecule is Cc1ccccc1CS(=O)(=O)NCCn1c(=O)n(C)c2ccccc21. The Morgan fingerprint density at radius 2 is 1.64 bits per heavy atom. The van der Waals surface area contributed by atoms with Crippen LogP contribution in [0.3, 0.4) is 0 Å². The Hall–Kier alpha value is -2.38. The molecule has 0 aliphatic heterocycles. The van der Waals surface area contributed by atoms with Crippen LogP contribution in [0.4, 0.5) is 0 Å². The number of rotatable bonds is 6. The van der Waals surface area contributed by atoms with Gasteiger partial charge in [0.15, 0.2) is 0 Å². The largest absolute Gasteiger partial charge is 0.328 e. The molecular weight excluding hydrogens is 338 g/mol. The molecule has 1 N–H and O–H groups in total. The molecule has 0 saturated carbocycles. The number of fused-ring (bicyclic) bond motifs is 1. The molecule has 3 rings (SSSR count). The zero-order valence-electron chi connectivity index (χ0n) is 14.3. The van der Waals surface area contributed by atoms with Gasteiger partial charge in [-0.3, -0.25) is 9.13 Å². The molecule has 0 saturated heterocycles. The van der Waals surface area contributed by atoms with E-state index in [-0.39, 0.29) is 24.5 Å². The third kappa shape index (κ3) is 3.67. The van der Waals surface area contributed by atoms with Crippen molar-refractivity contribution in [3.63, 3.8) is 0 Å². The van der Waals surface area contributed by atoms with E-state index >= 15 is 0 Å². The van der Waals surface area contributed by atoms with Crippen LogP contribution in [-0.4, -0.2) is 24.1 Å². The van der Waals surface area contributed by atoms with Crippen molar-refractivity contribution in [1.82, 2.24) is 13.9 Å². The van der Waals surface area contributed by atoms with Gasteiger partial charge >= 0.3 is 5.69 Å². The van der Waals surface area contributed by atoms with Crippen LogP contribution in [0.25, 0.3) is 11.0 Å². The van der Waals surface area contributed by atoms with Crippen molar-refractivity contribution in [1.29, 1.82) is 0 Å². The van der Waals surface area contributed by atoms with Crippen LogP contribution < -0.4 is 10.4 Å². The van der Waals surface area contributed by atoms with Gasteiger partial charge < -0.3 is 0 Å². The van der Waals surface area contributed by atoms with E-state index in [0.717, 1.165) is 22.2 Å². The molecule has 0 spiro atoms. The average molecular weight is 359 g/mol. The summed E-state index contributed by atoms with van der Waals surface area (Å²) < 4.78 is 30.3. The standard InChI is InChI=1S/C18H21N3O3S/c1-14-7-3-4-8-15(14)13-25(23,24)19-11-12-21-17-10-6-5-9-16(17)20(2)18(21)22/h3-10,19H,11-13H2,1-2H3. The highest BCUT2D eigenvalue weighted by Crippen LogP contribution is 2.12. The second-order valence-electron chi connectivity index (χ2n) is 6.06. The summed E-state index contributed by atoms with van der Waals surface area (Å²) in [4.78, 5) is 12.3. The average Bonchev–Trinajstić information content (AvgIpc) is 2.82. The maximum Gasteiger partial charge on any atom is 0.328 e. The minimum Gasteiger partial charge on any atom is -0.295 e. The summed E-state index contributed by atoms with van der Waals surface area (Å²) in [6.45, 7) is 2.34. The predicted octanol–water partition coefficient (Wildman–Crippen LogP) is 1.77. The molecule has 132 valence electrons. The lowest BCUT2D eigenvalue weighted by Crippen LogP contribution is -2.32. The second-order valence-corrected chi connectivity index (χ2v) is 7.87. The Morgan fingerprint density at radius 1 is 1.00 bits per heavy atom. The number of hydrogen-bond acceptors (Lipinski definition) is 3. The van der Waals surface area contributed by atoms with Crippen LogP contribution in [0.5, 0.6) is 0 Å². The predicted molar refractivity (Wildman–Crippen MR) is 99.0 cm³/mol. The molecule has 0 atom stereocenters. The highest BCUT2D eigenvalue weighted by atomic mass is 32.2. The third-order valence-corrected chi connectivity index (χ3v) is 5.65. The Morgan fingerprint density at radius 3 is 2.36 bits per heavy atom. The molecule has 1 aromatic heterocycles. The van der Waals surface area contributed by atoms with E-state index < -0.39 is 10.0 Å². The zero-order valence-corrected chi connectivity index (χ0v) is 15.1. The number of aromatic nitrogens is 2. The van der Waals surface area contributed by atoms with Gasteiger partial charge in [-0.15, -0.1) is 0 Å². The molecule has 0 aliphatic carbocycles. The molecule has 7 heteroatoms. The van der Waals surface area contributed by atoms with Crippen LogP contribution in [0.15, 0.2) is 53.3 Å². The highest BCUT2D eigenvalue weighted by molar-refractivity contribution is 7.88. The smallest absolute Gasteiger partial charge is 0.295 e. The van der Waals surface area contributed by atoms with Crippen molar-refractivity contribution in [3.8, 4) is 0 Å². The molecule has 0 radical (unpaired) electrons. The van der Waals surface area contributed by atoms with E-state index in [1.165, 1.54) is 0 Å². The van der Waals surface area contributed by atoms with E-state index in [1.54, 1.807) is 16.2 Å². The van der Waals surface area contributed by atoms with E-state index in [0.29, 0.717) is 0 Å². The first-order valence-corrected chi connectivity index (χ1v) is 9.70. The molecule has 3 aromatic rings. The lowest BCUT2D eigenvalue weighted by atomic mass is 10.1. The van der Waals surface area contributed by atoms with Crippen molar-refractivity contribution >= 4 is 21.1 Å². The van der Waals surface area contributed by atoms with Gasteiger partial charge in [0, 0.05) is 20.1 Å². The Labute approximate surface area is 146 Å². The molecule has 0 amide bonds. The molecule has 2 aromatic carbocycles. The minimum absolute atomic E-state index is 0.0654. The van der Waals surface area contributed by atoms with E-state index in [9.17, 15) is 13.2 Å². The van der Waals surface area contributed by atoms with Crippen molar-refractivity contribution in [2.45, 2.75) is 19.2 Å². The lowest BCUT2D eigenvalue weighted by Gasteiger charge is -2.09. The zero-order chi connectivity index (χ0) is 18.0. The van der Waals surface area contributed by atoms with E-state index in [1.807, 2.05) is 55.5 Å². The fourth-order valence-electron chi connectivity index (χ4n) is 2.92. The number of aryl methyl sites for hydroxylation is 2. The molecule has 25 heavy (non-hydrogen) atoms. The minimum atomic E-state index is -3.46. The normalized spacial score (nSPS) is 11.9. The molecule has 0 bridgehead atoms. The quantitative estimate of drug-likeness (QED) is 0.729. The Balaban J connectivity index is 1.72. The fourth-order valence-corrected chi connectivity index (χ4v) is 4.16. The maximum absolute atomic E-state index is 12.3. The van der Waals surface area contributed by atoms with Crippen molar-refractivity contribution < 1.29 is 8.42 Å². The Kier molecular flexibility index (Phi) is 4.78.